The number of hydrogen-bond acceptors (Lipinski definition) is 4. The molecule has 0 spiro atoms. The molecule has 0 bridgehead atoms. The summed E-state index contributed by atoms with van der Waals surface area (Å²) in [6.07, 6.45) is 0. The molecule has 0 heterocycles. The Balaban J connectivity index is 2.99. The summed E-state index contributed by atoms with van der Waals surface area (Å²) in [5, 5.41) is 7.92. The molecule has 0 fully saturated rings. The van der Waals surface area contributed by atoms with Crippen LogP contribution in [0.15, 0.2) is 29.2 Å². The summed E-state index contributed by atoms with van der Waals surface area (Å²) in [6, 6.07) is 5.88. The molecular formula is C9H12BO4S. The van der Waals surface area contributed by atoms with Crippen molar-refractivity contribution < 1.29 is 18.1 Å². The Hall–Kier alpha value is -1.01. The van der Waals surface area contributed by atoms with E-state index < -0.39 is 15.1 Å². The molecule has 0 amide bonds. The maximum atomic E-state index is 11.7. The molecule has 1 aromatic rings. The Morgan fingerprint density at radius 3 is 2.20 bits per heavy atom. The highest BCUT2D eigenvalue weighted by Crippen LogP contribution is 2.19. The monoisotopic (exact) mass is 227 g/mol. The van der Waals surface area contributed by atoms with Crippen molar-refractivity contribution in [2.45, 2.75) is 24.0 Å². The average molecular weight is 227 g/mol. The van der Waals surface area contributed by atoms with E-state index in [2.05, 4.69) is 4.65 Å². The SMILES string of the molecule is CC(C)S(=O)(=O)c1ccc(O[B]O)cc1. The highest BCUT2D eigenvalue weighted by atomic mass is 32.2. The zero-order valence-corrected chi connectivity index (χ0v) is 9.36. The second kappa shape index (κ2) is 4.68. The first-order valence-electron chi connectivity index (χ1n) is 4.45. The summed E-state index contributed by atoms with van der Waals surface area (Å²) in [5.74, 6) is 0.389. The van der Waals surface area contributed by atoms with Gasteiger partial charge >= 0.3 is 7.69 Å². The lowest BCUT2D eigenvalue weighted by molar-refractivity contribution is 0.453. The maximum Gasteiger partial charge on any atom is 0.569 e. The first kappa shape index (κ1) is 12.1. The zero-order chi connectivity index (χ0) is 11.5. The van der Waals surface area contributed by atoms with Crippen LogP contribution in [0, 0.1) is 0 Å². The number of hydrogen-bond donors (Lipinski definition) is 1. The molecule has 0 saturated heterocycles. The van der Waals surface area contributed by atoms with E-state index in [0.29, 0.717) is 13.4 Å². The number of rotatable bonds is 4. The summed E-state index contributed by atoms with van der Waals surface area (Å²) in [7, 11) is -2.69. The summed E-state index contributed by atoms with van der Waals surface area (Å²) >= 11 is 0. The van der Waals surface area contributed by atoms with Gasteiger partial charge in [0, 0.05) is 0 Å². The summed E-state index contributed by atoms with van der Waals surface area (Å²) in [4.78, 5) is 0.253. The van der Waals surface area contributed by atoms with Crippen molar-refractivity contribution in [2.24, 2.45) is 0 Å². The molecule has 0 aliphatic carbocycles. The number of sulfone groups is 1. The second-order valence-corrected chi connectivity index (χ2v) is 5.79. The largest absolute Gasteiger partial charge is 0.569 e. The molecule has 0 unspecified atom stereocenters. The Bertz CT molecular complexity index is 410. The van der Waals surface area contributed by atoms with Crippen molar-refractivity contribution >= 4 is 17.5 Å². The van der Waals surface area contributed by atoms with Crippen molar-refractivity contribution in [1.82, 2.24) is 0 Å². The van der Waals surface area contributed by atoms with Gasteiger partial charge in [-0.05, 0) is 38.1 Å². The van der Waals surface area contributed by atoms with Crippen LogP contribution in [0.3, 0.4) is 0 Å². The molecule has 6 heteroatoms. The Kier molecular flexibility index (Phi) is 3.76. The molecule has 1 radical (unpaired) electrons. The standard InChI is InChI=1S/C9H12BO4S/c1-7(2)15(12,13)9-5-3-8(4-6-9)14-10-11/h3-7,11H,1-2H3. The maximum absolute atomic E-state index is 11.7. The normalized spacial score (nSPS) is 11.5. The summed E-state index contributed by atoms with van der Waals surface area (Å²) in [6.45, 7) is 3.25. The van der Waals surface area contributed by atoms with E-state index in [9.17, 15) is 8.42 Å². The predicted octanol–water partition coefficient (Wildman–Crippen LogP) is 0.774. The van der Waals surface area contributed by atoms with E-state index in [4.69, 9.17) is 5.02 Å². The quantitative estimate of drug-likeness (QED) is 0.771. The average Bonchev–Trinajstić information content (AvgIpc) is 2.19. The fourth-order valence-electron chi connectivity index (χ4n) is 1.04. The van der Waals surface area contributed by atoms with Crippen LogP contribution in [-0.4, -0.2) is 26.4 Å². The van der Waals surface area contributed by atoms with Crippen LogP contribution in [0.4, 0.5) is 0 Å². The van der Waals surface area contributed by atoms with Crippen LogP contribution >= 0.6 is 0 Å². The lowest BCUT2D eigenvalue weighted by Gasteiger charge is -2.08. The number of benzene rings is 1. The van der Waals surface area contributed by atoms with Crippen LogP contribution in [0.1, 0.15) is 13.8 Å². The molecule has 1 rings (SSSR count). The van der Waals surface area contributed by atoms with Gasteiger partial charge in [-0.15, -0.1) is 0 Å². The molecule has 0 atom stereocenters. The van der Waals surface area contributed by atoms with E-state index in [1.54, 1.807) is 13.8 Å². The van der Waals surface area contributed by atoms with Crippen molar-refractivity contribution in [2.75, 3.05) is 0 Å². The molecule has 4 nitrogen and oxygen atoms in total. The summed E-state index contributed by atoms with van der Waals surface area (Å²) < 4.78 is 28.1. The third kappa shape index (κ3) is 2.73. The van der Waals surface area contributed by atoms with Crippen molar-refractivity contribution in [3.05, 3.63) is 24.3 Å². The van der Waals surface area contributed by atoms with Crippen molar-refractivity contribution in [3.8, 4) is 5.75 Å². The molecule has 15 heavy (non-hydrogen) atoms. The minimum Gasteiger partial charge on any atom is -0.537 e. The van der Waals surface area contributed by atoms with E-state index in [1.165, 1.54) is 24.3 Å². The molecular weight excluding hydrogens is 215 g/mol. The molecule has 0 aliphatic heterocycles. The topological polar surface area (TPSA) is 63.6 Å². The molecule has 1 N–H and O–H groups in total. The molecule has 81 valence electrons. The summed E-state index contributed by atoms with van der Waals surface area (Å²) in [5.41, 5.74) is 0. The molecule has 0 aliphatic rings. The van der Waals surface area contributed by atoms with E-state index in [1.807, 2.05) is 0 Å². The van der Waals surface area contributed by atoms with E-state index in [0.717, 1.165) is 0 Å². The van der Waals surface area contributed by atoms with Crippen molar-refractivity contribution in [3.63, 3.8) is 0 Å². The lowest BCUT2D eigenvalue weighted by Crippen LogP contribution is -2.13. The van der Waals surface area contributed by atoms with Crippen molar-refractivity contribution in [1.29, 1.82) is 0 Å². The third-order valence-corrected chi connectivity index (χ3v) is 4.13. The van der Waals surface area contributed by atoms with Crippen LogP contribution < -0.4 is 4.65 Å². The second-order valence-electron chi connectivity index (χ2n) is 3.29. The predicted molar refractivity (Wildman–Crippen MR) is 57.4 cm³/mol. The first-order valence-corrected chi connectivity index (χ1v) is 5.99. The van der Waals surface area contributed by atoms with Gasteiger partial charge < -0.3 is 9.68 Å². The minimum absolute atomic E-state index is 0.253. The molecule has 1 aromatic carbocycles. The highest BCUT2D eigenvalue weighted by Gasteiger charge is 2.18. The molecule has 0 saturated carbocycles. The van der Waals surface area contributed by atoms with Gasteiger partial charge in [-0.25, -0.2) is 8.42 Å². The zero-order valence-electron chi connectivity index (χ0n) is 8.54. The van der Waals surface area contributed by atoms with Gasteiger partial charge in [0.25, 0.3) is 0 Å². The highest BCUT2D eigenvalue weighted by molar-refractivity contribution is 7.92. The Labute approximate surface area is 90.1 Å². The van der Waals surface area contributed by atoms with Gasteiger partial charge in [-0.2, -0.15) is 0 Å². The van der Waals surface area contributed by atoms with Gasteiger partial charge in [-0.1, -0.05) is 0 Å². The fraction of sp³-hybridized carbons (Fsp3) is 0.333. The van der Waals surface area contributed by atoms with Crippen LogP contribution in [-0.2, 0) is 9.84 Å². The molecule has 0 aromatic heterocycles. The lowest BCUT2D eigenvalue weighted by atomic mass is 10.3. The van der Waals surface area contributed by atoms with Gasteiger partial charge in [-0.3, -0.25) is 0 Å². The minimum atomic E-state index is -3.24. The third-order valence-electron chi connectivity index (χ3n) is 1.96. The Morgan fingerprint density at radius 1 is 1.27 bits per heavy atom. The van der Waals surface area contributed by atoms with Crippen LogP contribution in [0.25, 0.3) is 0 Å². The van der Waals surface area contributed by atoms with Gasteiger partial charge in [0.1, 0.15) is 5.75 Å². The van der Waals surface area contributed by atoms with Gasteiger partial charge in [0.2, 0.25) is 0 Å². The van der Waals surface area contributed by atoms with E-state index >= 15 is 0 Å². The fourth-order valence-corrected chi connectivity index (χ4v) is 2.10. The van der Waals surface area contributed by atoms with Gasteiger partial charge in [0.05, 0.1) is 10.1 Å². The first-order chi connectivity index (χ1) is 6.98. The van der Waals surface area contributed by atoms with Gasteiger partial charge in [0.15, 0.2) is 9.84 Å². The Morgan fingerprint density at radius 2 is 1.80 bits per heavy atom. The van der Waals surface area contributed by atoms with Crippen LogP contribution in [0.2, 0.25) is 0 Å². The van der Waals surface area contributed by atoms with Crippen LogP contribution in [0.5, 0.6) is 5.75 Å². The smallest absolute Gasteiger partial charge is 0.537 e. The van der Waals surface area contributed by atoms with E-state index in [-0.39, 0.29) is 4.90 Å².